The molecule has 0 amide bonds. The summed E-state index contributed by atoms with van der Waals surface area (Å²) in [6.45, 7) is 0. The Bertz CT molecular complexity index is 875. The van der Waals surface area contributed by atoms with Crippen LogP contribution in [-0.4, -0.2) is 29.3 Å². The molecule has 6 heteroatoms. The van der Waals surface area contributed by atoms with Gasteiger partial charge in [0.15, 0.2) is 0 Å². The number of carbonyl (C=O) groups is 1. The van der Waals surface area contributed by atoms with Gasteiger partial charge in [0, 0.05) is 23.6 Å². The van der Waals surface area contributed by atoms with Gasteiger partial charge in [-0.05, 0) is 6.07 Å². The molecule has 3 rings (SSSR count). The Morgan fingerprint density at radius 2 is 1.88 bits per heavy atom. The molecule has 1 N–H and O–H groups in total. The van der Waals surface area contributed by atoms with Crippen molar-refractivity contribution in [2.45, 2.75) is 0 Å². The lowest BCUT2D eigenvalue weighted by Crippen LogP contribution is -2.09. The fraction of sp³-hybridized carbons (Fsp3) is 0.0556. The average molecular weight is 337 g/mol. The summed E-state index contributed by atoms with van der Waals surface area (Å²) in [4.78, 5) is 15.8. The Labute approximate surface area is 143 Å². The van der Waals surface area contributed by atoms with Crippen molar-refractivity contribution in [1.29, 1.82) is 0 Å². The summed E-state index contributed by atoms with van der Waals surface area (Å²) in [5.74, 6) is -0.972. The Hall–Kier alpha value is -2.99. The molecule has 0 saturated carbocycles. The lowest BCUT2D eigenvalue weighted by Gasteiger charge is -2.08. The second kappa shape index (κ2) is 7.06. The molecular formula is C18H15N3O2S. The Morgan fingerprint density at radius 1 is 1.17 bits per heavy atom. The van der Waals surface area contributed by atoms with Crippen LogP contribution in [0.25, 0.3) is 11.3 Å². The number of aromatic carboxylic acids is 1. The van der Waals surface area contributed by atoms with Crippen LogP contribution in [-0.2, 0) is 0 Å². The van der Waals surface area contributed by atoms with Gasteiger partial charge in [-0.1, -0.05) is 48.5 Å². The molecule has 0 aliphatic heterocycles. The third-order valence-corrected chi connectivity index (χ3v) is 4.31. The van der Waals surface area contributed by atoms with Crippen LogP contribution in [0, 0.1) is 0 Å². The zero-order chi connectivity index (χ0) is 16.9. The van der Waals surface area contributed by atoms with E-state index >= 15 is 0 Å². The van der Waals surface area contributed by atoms with E-state index in [4.69, 9.17) is 0 Å². The van der Waals surface area contributed by atoms with Crippen LogP contribution in [0.3, 0.4) is 0 Å². The molecular weight excluding hydrogens is 322 g/mol. The number of nitrogens with zero attached hydrogens (tertiary/aromatic N) is 3. The van der Waals surface area contributed by atoms with Crippen LogP contribution < -0.4 is 5.01 Å². The topological polar surface area (TPSA) is 65.8 Å². The Balaban J connectivity index is 1.80. The monoisotopic (exact) mass is 337 g/mol. The molecule has 5 nitrogen and oxygen atoms in total. The van der Waals surface area contributed by atoms with Crippen molar-refractivity contribution in [3.63, 3.8) is 0 Å². The summed E-state index contributed by atoms with van der Waals surface area (Å²) < 4.78 is 0. The summed E-state index contributed by atoms with van der Waals surface area (Å²) >= 11 is 1.48. The van der Waals surface area contributed by atoms with Gasteiger partial charge < -0.3 is 5.11 Å². The average Bonchev–Trinajstić information content (AvgIpc) is 3.11. The number of carboxylic acid groups (broad SMARTS) is 1. The SMILES string of the molecule is CN(N=Cc1ccccc1C(=O)O)c1nc(-c2ccccc2)cs1. The van der Waals surface area contributed by atoms with E-state index in [1.54, 1.807) is 36.3 Å². The number of rotatable bonds is 5. The van der Waals surface area contributed by atoms with E-state index in [2.05, 4.69) is 10.1 Å². The predicted octanol–water partition coefficient (Wildman–Crippen LogP) is 3.98. The first kappa shape index (κ1) is 15.9. The Morgan fingerprint density at radius 3 is 2.62 bits per heavy atom. The molecule has 0 bridgehead atoms. The number of aromatic nitrogens is 1. The molecule has 120 valence electrons. The van der Waals surface area contributed by atoms with Crippen LogP contribution in [0.1, 0.15) is 15.9 Å². The standard InChI is InChI=1S/C18H15N3O2S/c1-21(19-11-14-9-5-6-10-15(14)17(22)23)18-20-16(12-24-18)13-7-3-2-4-8-13/h2-12H,1H3,(H,22,23). The van der Waals surface area contributed by atoms with Gasteiger partial charge in [0.25, 0.3) is 0 Å². The van der Waals surface area contributed by atoms with E-state index in [1.807, 2.05) is 35.7 Å². The molecule has 0 aliphatic rings. The van der Waals surface area contributed by atoms with Crippen molar-refractivity contribution in [3.8, 4) is 11.3 Å². The van der Waals surface area contributed by atoms with Crippen molar-refractivity contribution < 1.29 is 9.90 Å². The highest BCUT2D eigenvalue weighted by molar-refractivity contribution is 7.14. The normalized spacial score (nSPS) is 10.9. The molecule has 0 atom stereocenters. The molecule has 0 fully saturated rings. The quantitative estimate of drug-likeness (QED) is 0.565. The van der Waals surface area contributed by atoms with Crippen LogP contribution in [0.15, 0.2) is 65.1 Å². The molecule has 24 heavy (non-hydrogen) atoms. The first-order valence-corrected chi connectivity index (χ1v) is 8.14. The molecule has 3 aromatic rings. The number of anilines is 1. The van der Waals surface area contributed by atoms with Crippen molar-refractivity contribution in [2.24, 2.45) is 5.10 Å². The van der Waals surface area contributed by atoms with Gasteiger partial charge in [0.2, 0.25) is 5.13 Å². The van der Waals surface area contributed by atoms with Gasteiger partial charge in [-0.15, -0.1) is 11.3 Å². The van der Waals surface area contributed by atoms with Crippen molar-refractivity contribution >= 4 is 28.7 Å². The van der Waals surface area contributed by atoms with E-state index in [0.29, 0.717) is 5.56 Å². The number of hydrogen-bond donors (Lipinski definition) is 1. The van der Waals surface area contributed by atoms with Crippen LogP contribution in [0.4, 0.5) is 5.13 Å². The Kier molecular flexibility index (Phi) is 4.67. The second-order valence-corrected chi connectivity index (χ2v) is 5.88. The predicted molar refractivity (Wildman–Crippen MR) is 96.9 cm³/mol. The largest absolute Gasteiger partial charge is 0.478 e. The van der Waals surface area contributed by atoms with Gasteiger partial charge >= 0.3 is 5.97 Å². The van der Waals surface area contributed by atoms with Crippen LogP contribution >= 0.6 is 11.3 Å². The second-order valence-electron chi connectivity index (χ2n) is 5.04. The van der Waals surface area contributed by atoms with Gasteiger partial charge in [-0.2, -0.15) is 5.10 Å². The zero-order valence-electron chi connectivity index (χ0n) is 13.0. The minimum absolute atomic E-state index is 0.221. The number of thiazole rings is 1. The lowest BCUT2D eigenvalue weighted by atomic mass is 10.1. The number of hydrogen-bond acceptors (Lipinski definition) is 5. The van der Waals surface area contributed by atoms with E-state index in [1.165, 1.54) is 17.6 Å². The van der Waals surface area contributed by atoms with Crippen LogP contribution in [0.5, 0.6) is 0 Å². The molecule has 2 aromatic carbocycles. The molecule has 0 unspecified atom stereocenters. The first-order valence-electron chi connectivity index (χ1n) is 7.26. The summed E-state index contributed by atoms with van der Waals surface area (Å²) in [6.07, 6.45) is 1.53. The minimum atomic E-state index is -0.972. The third kappa shape index (κ3) is 3.49. The summed E-state index contributed by atoms with van der Waals surface area (Å²) in [5.41, 5.74) is 2.72. The third-order valence-electron chi connectivity index (χ3n) is 3.40. The maximum atomic E-state index is 11.2. The molecule has 1 heterocycles. The smallest absolute Gasteiger partial charge is 0.336 e. The molecule has 0 spiro atoms. The number of hydrazone groups is 1. The van der Waals surface area contributed by atoms with Gasteiger partial charge in [-0.3, -0.25) is 0 Å². The van der Waals surface area contributed by atoms with Crippen molar-refractivity contribution in [1.82, 2.24) is 4.98 Å². The number of benzene rings is 2. The van der Waals surface area contributed by atoms with Crippen molar-refractivity contribution in [2.75, 3.05) is 12.1 Å². The lowest BCUT2D eigenvalue weighted by molar-refractivity contribution is 0.0697. The van der Waals surface area contributed by atoms with E-state index in [-0.39, 0.29) is 5.56 Å². The maximum Gasteiger partial charge on any atom is 0.336 e. The minimum Gasteiger partial charge on any atom is -0.478 e. The molecule has 0 saturated heterocycles. The van der Waals surface area contributed by atoms with Gasteiger partial charge in [0.05, 0.1) is 17.5 Å². The number of carboxylic acids is 1. The van der Waals surface area contributed by atoms with E-state index < -0.39 is 5.97 Å². The van der Waals surface area contributed by atoms with Crippen molar-refractivity contribution in [3.05, 3.63) is 71.1 Å². The summed E-state index contributed by atoms with van der Waals surface area (Å²) in [5, 5.41) is 17.8. The van der Waals surface area contributed by atoms with E-state index in [9.17, 15) is 9.90 Å². The maximum absolute atomic E-state index is 11.2. The highest BCUT2D eigenvalue weighted by Gasteiger charge is 2.09. The fourth-order valence-electron chi connectivity index (χ4n) is 2.16. The summed E-state index contributed by atoms with van der Waals surface area (Å²) in [6, 6.07) is 16.7. The van der Waals surface area contributed by atoms with E-state index in [0.717, 1.165) is 16.4 Å². The van der Waals surface area contributed by atoms with Crippen LogP contribution in [0.2, 0.25) is 0 Å². The zero-order valence-corrected chi connectivity index (χ0v) is 13.8. The molecule has 0 aliphatic carbocycles. The highest BCUT2D eigenvalue weighted by atomic mass is 32.1. The van der Waals surface area contributed by atoms with Gasteiger partial charge in [0.1, 0.15) is 0 Å². The fourth-order valence-corrected chi connectivity index (χ4v) is 2.91. The van der Waals surface area contributed by atoms with Gasteiger partial charge in [-0.25, -0.2) is 14.8 Å². The summed E-state index contributed by atoms with van der Waals surface area (Å²) in [7, 11) is 1.79. The molecule has 1 aromatic heterocycles. The first-order chi connectivity index (χ1) is 11.6. The highest BCUT2D eigenvalue weighted by Crippen LogP contribution is 2.26. The molecule has 0 radical (unpaired) electrons.